The van der Waals surface area contributed by atoms with E-state index in [9.17, 15) is 13.2 Å². The van der Waals surface area contributed by atoms with Gasteiger partial charge in [-0.3, -0.25) is 5.32 Å². The lowest BCUT2D eigenvalue weighted by Gasteiger charge is -2.08. The van der Waals surface area contributed by atoms with Gasteiger partial charge in [0.1, 0.15) is 0 Å². The molecule has 1 rings (SSSR count). The van der Waals surface area contributed by atoms with Crippen LogP contribution in [0.5, 0.6) is 0 Å². The lowest BCUT2D eigenvalue weighted by Crippen LogP contribution is -2.12. The molecule has 98 valence electrons. The van der Waals surface area contributed by atoms with E-state index in [1.54, 1.807) is 0 Å². The number of aryl methyl sites for hydroxylation is 2. The Morgan fingerprint density at radius 1 is 1.28 bits per heavy atom. The number of amides is 2. The van der Waals surface area contributed by atoms with Gasteiger partial charge in [0.2, 0.25) is 5.95 Å². The summed E-state index contributed by atoms with van der Waals surface area (Å²) in [6.45, 7) is 3.79. The van der Waals surface area contributed by atoms with Gasteiger partial charge in [0.15, 0.2) is 0 Å². The highest BCUT2D eigenvalue weighted by molar-refractivity contribution is 7.80. The zero-order chi connectivity index (χ0) is 13.7. The first-order valence-corrected chi connectivity index (χ1v) is 6.66. The van der Waals surface area contributed by atoms with Crippen molar-refractivity contribution >= 4 is 35.1 Å². The van der Waals surface area contributed by atoms with Crippen LogP contribution in [0.4, 0.5) is 10.7 Å². The largest absolute Gasteiger partial charge is 0.362 e. The van der Waals surface area contributed by atoms with Gasteiger partial charge in [-0.05, 0) is 12.8 Å². The molecule has 0 saturated heterocycles. The fraction of sp³-hybridized carbons (Fsp3) is 0.444. The molecule has 0 bridgehead atoms. The van der Waals surface area contributed by atoms with E-state index >= 15 is 0 Å². The summed E-state index contributed by atoms with van der Waals surface area (Å²) in [6, 6.07) is -1.03. The van der Waals surface area contributed by atoms with Crippen LogP contribution in [-0.2, 0) is 23.3 Å². The minimum absolute atomic E-state index is 0.0284. The van der Waals surface area contributed by atoms with Crippen LogP contribution in [0.3, 0.4) is 0 Å². The molecule has 9 heteroatoms. The van der Waals surface area contributed by atoms with Crippen molar-refractivity contribution < 1.29 is 13.2 Å². The first kappa shape index (κ1) is 14.6. The number of rotatable bonds is 3. The molecular formula is C9H12N4O3S2. The molecule has 1 N–H and O–H groups in total. The third-order valence-electron chi connectivity index (χ3n) is 2.07. The molecule has 2 amide bonds. The molecule has 18 heavy (non-hydrogen) atoms. The first-order chi connectivity index (χ1) is 8.47. The van der Waals surface area contributed by atoms with Crippen molar-refractivity contribution in [2.75, 3.05) is 5.32 Å². The molecule has 0 unspecified atom stereocenters. The minimum atomic E-state index is -2.80. The normalized spacial score (nSPS) is 9.94. The van der Waals surface area contributed by atoms with Crippen LogP contribution < -0.4 is 5.32 Å². The standard InChI is InChI=1S/C9H12N4O3S2/c1-3-5-7(17)6(4-2)11-8(10-5)12-9(14)13-18(15)16/h17H,3-4H2,1-2H3,(H,10,11,12,14). The summed E-state index contributed by atoms with van der Waals surface area (Å²) in [6.07, 6.45) is 1.25. The zero-order valence-corrected chi connectivity index (χ0v) is 11.5. The second-order valence-electron chi connectivity index (χ2n) is 3.23. The molecule has 1 heterocycles. The molecule has 0 aliphatic carbocycles. The van der Waals surface area contributed by atoms with Gasteiger partial charge >= 0.3 is 16.5 Å². The number of carbonyl (C=O) groups excluding carboxylic acids is 1. The van der Waals surface area contributed by atoms with E-state index in [2.05, 4.69) is 32.3 Å². The van der Waals surface area contributed by atoms with Crippen LogP contribution >= 0.6 is 12.6 Å². The number of nitrogens with one attached hydrogen (secondary N) is 1. The lowest BCUT2D eigenvalue weighted by molar-refractivity contribution is 0.259. The molecule has 0 spiro atoms. The quantitative estimate of drug-likeness (QED) is 0.820. The molecule has 1 aromatic heterocycles. The Labute approximate surface area is 111 Å². The van der Waals surface area contributed by atoms with Crippen molar-refractivity contribution in [2.45, 2.75) is 31.6 Å². The molecule has 0 aromatic carbocycles. The monoisotopic (exact) mass is 288 g/mol. The first-order valence-electron chi connectivity index (χ1n) is 5.18. The number of hydrogen-bond acceptors (Lipinski definition) is 6. The highest BCUT2D eigenvalue weighted by atomic mass is 32.2. The topological polar surface area (TPSA) is 101 Å². The highest BCUT2D eigenvalue weighted by Crippen LogP contribution is 2.19. The number of hydrogen-bond donors (Lipinski definition) is 2. The number of aromatic nitrogens is 2. The Morgan fingerprint density at radius 3 is 2.17 bits per heavy atom. The summed E-state index contributed by atoms with van der Waals surface area (Å²) < 4.78 is 23.2. The second kappa shape index (κ2) is 6.45. The van der Waals surface area contributed by atoms with Crippen LogP contribution in [0, 0.1) is 0 Å². The van der Waals surface area contributed by atoms with E-state index in [-0.39, 0.29) is 5.95 Å². The molecule has 0 saturated carbocycles. The molecule has 0 atom stereocenters. The van der Waals surface area contributed by atoms with Crippen molar-refractivity contribution in [2.24, 2.45) is 4.36 Å². The minimum Gasteiger partial charge on any atom is -0.273 e. The smallest absolute Gasteiger partial charge is 0.273 e. The number of carbonyl (C=O) groups is 1. The van der Waals surface area contributed by atoms with Gasteiger partial charge in [0.25, 0.3) is 0 Å². The van der Waals surface area contributed by atoms with Gasteiger partial charge in [-0.25, -0.2) is 14.8 Å². The van der Waals surface area contributed by atoms with Crippen molar-refractivity contribution in [3.8, 4) is 0 Å². The highest BCUT2D eigenvalue weighted by Gasteiger charge is 2.11. The summed E-state index contributed by atoms with van der Waals surface area (Å²) in [5, 5.41) is 2.20. The zero-order valence-electron chi connectivity index (χ0n) is 9.84. The second-order valence-corrected chi connectivity index (χ2v) is 4.30. The molecule has 0 aliphatic rings. The van der Waals surface area contributed by atoms with Crippen LogP contribution in [-0.4, -0.2) is 24.4 Å². The molecule has 0 aliphatic heterocycles. The Kier molecular flexibility index (Phi) is 5.23. The summed E-state index contributed by atoms with van der Waals surface area (Å²) in [7, 11) is -2.80. The summed E-state index contributed by atoms with van der Waals surface area (Å²) in [5.41, 5.74) is 1.37. The van der Waals surface area contributed by atoms with Crippen molar-refractivity contribution in [1.29, 1.82) is 0 Å². The summed E-state index contributed by atoms with van der Waals surface area (Å²) in [5.74, 6) is 0.0284. The average molecular weight is 288 g/mol. The van der Waals surface area contributed by atoms with Crippen molar-refractivity contribution in [1.82, 2.24) is 9.97 Å². The molecular weight excluding hydrogens is 276 g/mol. The Hall–Kier alpha value is -1.48. The van der Waals surface area contributed by atoms with E-state index in [0.717, 1.165) is 0 Å². The maximum atomic E-state index is 11.1. The molecule has 7 nitrogen and oxygen atoms in total. The fourth-order valence-corrected chi connectivity index (χ4v) is 1.89. The van der Waals surface area contributed by atoms with E-state index in [0.29, 0.717) is 29.1 Å². The third kappa shape index (κ3) is 3.77. The van der Waals surface area contributed by atoms with Crippen molar-refractivity contribution in [3.63, 3.8) is 0 Å². The van der Waals surface area contributed by atoms with Gasteiger partial charge in [0.05, 0.1) is 11.4 Å². The Morgan fingerprint density at radius 2 is 1.78 bits per heavy atom. The lowest BCUT2D eigenvalue weighted by atomic mass is 10.2. The van der Waals surface area contributed by atoms with Gasteiger partial charge in [-0.2, -0.15) is 8.42 Å². The van der Waals surface area contributed by atoms with Gasteiger partial charge in [-0.15, -0.1) is 12.6 Å². The predicted molar refractivity (Wildman–Crippen MR) is 68.4 cm³/mol. The predicted octanol–water partition coefficient (Wildman–Crippen LogP) is 1.48. The van der Waals surface area contributed by atoms with Crippen LogP contribution in [0.1, 0.15) is 25.2 Å². The maximum Gasteiger partial charge on any atom is 0.362 e. The van der Waals surface area contributed by atoms with Crippen LogP contribution in [0.2, 0.25) is 0 Å². The van der Waals surface area contributed by atoms with Gasteiger partial charge in [0, 0.05) is 4.90 Å². The van der Waals surface area contributed by atoms with E-state index in [1.807, 2.05) is 13.8 Å². The number of nitrogens with zero attached hydrogens (tertiary/aromatic N) is 3. The van der Waals surface area contributed by atoms with Gasteiger partial charge in [-0.1, -0.05) is 18.2 Å². The van der Waals surface area contributed by atoms with E-state index in [1.165, 1.54) is 0 Å². The van der Waals surface area contributed by atoms with Crippen LogP contribution in [0.15, 0.2) is 9.26 Å². The number of urea groups is 1. The Balaban J connectivity index is 3.11. The average Bonchev–Trinajstić information content (AvgIpc) is 2.29. The van der Waals surface area contributed by atoms with E-state index in [4.69, 9.17) is 0 Å². The van der Waals surface area contributed by atoms with E-state index < -0.39 is 16.5 Å². The van der Waals surface area contributed by atoms with Crippen molar-refractivity contribution in [3.05, 3.63) is 11.4 Å². The van der Waals surface area contributed by atoms with Gasteiger partial charge < -0.3 is 0 Å². The number of thiol groups is 1. The van der Waals surface area contributed by atoms with Crippen LogP contribution in [0.25, 0.3) is 0 Å². The maximum absolute atomic E-state index is 11.1. The Bertz CT molecular complexity index is 565. The SMILES string of the molecule is CCc1nc(NC(=O)N=S(=O)=O)nc(CC)c1S. The molecule has 0 fully saturated rings. The molecule has 0 radical (unpaired) electrons. The number of anilines is 1. The fourth-order valence-electron chi connectivity index (χ4n) is 1.29. The third-order valence-corrected chi connectivity index (χ3v) is 2.91. The summed E-state index contributed by atoms with van der Waals surface area (Å²) in [4.78, 5) is 20.0. The molecule has 1 aromatic rings. The summed E-state index contributed by atoms with van der Waals surface area (Å²) >= 11 is 4.31.